The Hall–Kier alpha value is -0.600. The minimum atomic E-state index is -0.125. The molecule has 0 aliphatic carbocycles. The zero-order valence-electron chi connectivity index (χ0n) is 22.4. The van der Waals surface area contributed by atoms with E-state index in [1.165, 1.54) is 0 Å². The molecule has 0 saturated carbocycles. The van der Waals surface area contributed by atoms with Gasteiger partial charge in [-0.3, -0.25) is 0 Å². The molecule has 15 nitrogen and oxygen atoms in total. The fourth-order valence-corrected chi connectivity index (χ4v) is 1.08. The summed E-state index contributed by atoms with van der Waals surface area (Å²) in [6, 6.07) is 0. The normalized spacial score (nSPS) is 9.08. The summed E-state index contributed by atoms with van der Waals surface area (Å²) in [6.45, 7) is 5.41. The van der Waals surface area contributed by atoms with Crippen LogP contribution in [0.3, 0.4) is 0 Å². The van der Waals surface area contributed by atoms with Crippen LogP contribution in [0.25, 0.3) is 0 Å². The monoisotopic (exact) mass is 560 g/mol. The zero-order chi connectivity index (χ0) is 29.7. The van der Waals surface area contributed by atoms with Gasteiger partial charge in [-0.2, -0.15) is 0 Å². The average Bonchev–Trinajstić information content (AvgIpc) is 2.95. The third kappa shape index (κ3) is 117. The zero-order valence-corrected chi connectivity index (χ0v) is 22.4. The van der Waals surface area contributed by atoms with Crippen LogP contribution in [0.5, 0.6) is 0 Å². The molecule has 0 rings (SSSR count). The molecule has 0 aromatic heterocycles. The van der Waals surface area contributed by atoms with Crippen molar-refractivity contribution in [1.29, 1.82) is 0 Å². The second kappa shape index (κ2) is 70.4. The molecule has 234 valence electrons. The summed E-state index contributed by atoms with van der Waals surface area (Å²) < 4.78 is 19.9. The van der Waals surface area contributed by atoms with E-state index in [1.807, 2.05) is 0 Å². The van der Waals surface area contributed by atoms with E-state index in [0.29, 0.717) is 46.2 Å². The lowest BCUT2D eigenvalue weighted by molar-refractivity contribution is 0.0222. The van der Waals surface area contributed by atoms with Gasteiger partial charge in [0.2, 0.25) is 0 Å². The lowest BCUT2D eigenvalue weighted by atomic mass is 10.4. The van der Waals surface area contributed by atoms with Crippen molar-refractivity contribution in [3.63, 3.8) is 0 Å². The highest BCUT2D eigenvalue weighted by molar-refractivity contribution is 4.33. The largest absolute Gasteiger partial charge is 0.394 e. The predicted molar refractivity (Wildman–Crippen MR) is 136 cm³/mol. The van der Waals surface area contributed by atoms with E-state index in [4.69, 9.17) is 75.1 Å². The first-order valence-corrected chi connectivity index (χ1v) is 12.0. The van der Waals surface area contributed by atoms with Gasteiger partial charge < -0.3 is 75.1 Å². The Balaban J connectivity index is -0.0000000838. The molecule has 0 aliphatic rings. The number of hydrogen-bond donors (Lipinski definition) is 11. The molecule has 0 saturated heterocycles. The lowest BCUT2D eigenvalue weighted by Gasteiger charge is -2.02. The summed E-state index contributed by atoms with van der Waals surface area (Å²) >= 11 is 0. The second-order valence-corrected chi connectivity index (χ2v) is 5.76. The maximum atomic E-state index is 8.34. The van der Waals surface area contributed by atoms with E-state index >= 15 is 0 Å². The third-order valence-electron chi connectivity index (χ3n) is 2.49. The standard InChI is InChI=1S/C8H18O3.C6H14O4.4C2H6O2/c1-2-3-5-10-7-8-11-6-4-9;7-1-3-9-5-6-10-4-2-8;4*3-1-2-4/h9H,2-8H2,1H3;7-8H,1-6H2;4*3-4H,1-2H2. The van der Waals surface area contributed by atoms with Crippen LogP contribution in [-0.2, 0) is 18.9 Å². The first-order valence-electron chi connectivity index (χ1n) is 12.0. The molecule has 0 spiro atoms. The van der Waals surface area contributed by atoms with Crippen LogP contribution < -0.4 is 0 Å². The Morgan fingerprint density at radius 1 is 0.297 bits per heavy atom. The van der Waals surface area contributed by atoms with Crippen molar-refractivity contribution < 1.29 is 75.1 Å². The van der Waals surface area contributed by atoms with Gasteiger partial charge in [0.15, 0.2) is 0 Å². The number of aliphatic hydroxyl groups excluding tert-OH is 11. The van der Waals surface area contributed by atoms with Crippen LogP contribution in [0.4, 0.5) is 0 Å². The third-order valence-corrected chi connectivity index (χ3v) is 2.49. The van der Waals surface area contributed by atoms with Gasteiger partial charge in [0.1, 0.15) is 0 Å². The summed E-state index contributed by atoms with van der Waals surface area (Å²) in [6.07, 6.45) is 2.28. The number of hydrogen-bond acceptors (Lipinski definition) is 15. The maximum absolute atomic E-state index is 8.34. The molecule has 0 fully saturated rings. The summed E-state index contributed by atoms with van der Waals surface area (Å²) in [5.74, 6) is 0. The Morgan fingerprint density at radius 3 is 0.676 bits per heavy atom. The van der Waals surface area contributed by atoms with Crippen molar-refractivity contribution in [2.75, 3.05) is 126 Å². The highest BCUT2D eigenvalue weighted by Crippen LogP contribution is 1.87. The van der Waals surface area contributed by atoms with Crippen molar-refractivity contribution in [1.82, 2.24) is 0 Å². The average molecular weight is 561 g/mol. The van der Waals surface area contributed by atoms with Gasteiger partial charge in [0.25, 0.3) is 0 Å². The fourth-order valence-electron chi connectivity index (χ4n) is 1.08. The minimum Gasteiger partial charge on any atom is -0.394 e. The number of aliphatic hydroxyl groups is 11. The summed E-state index contributed by atoms with van der Waals surface area (Å²) in [5, 5.41) is 85.9. The molecule has 0 aliphatic heterocycles. The molecular weight excluding hydrogens is 504 g/mol. The SMILES string of the molecule is CCCCOCCOCCO.OCCO.OCCO.OCCO.OCCO.OCCOCCOCCO. The van der Waals surface area contributed by atoms with Gasteiger partial charge in [-0.05, 0) is 6.42 Å². The Labute approximate surface area is 221 Å². The van der Waals surface area contributed by atoms with Crippen LogP contribution in [-0.4, -0.2) is 182 Å². The van der Waals surface area contributed by atoms with Crippen LogP contribution in [0.1, 0.15) is 19.8 Å². The molecule has 0 bridgehead atoms. The molecule has 0 atom stereocenters. The number of ether oxygens (including phenoxy) is 4. The Bertz CT molecular complexity index is 228. The molecule has 11 N–H and O–H groups in total. The molecule has 0 heterocycles. The van der Waals surface area contributed by atoms with Gasteiger partial charge in [0.05, 0.1) is 119 Å². The van der Waals surface area contributed by atoms with Crippen LogP contribution >= 0.6 is 0 Å². The van der Waals surface area contributed by atoms with Gasteiger partial charge in [0, 0.05) is 6.61 Å². The highest BCUT2D eigenvalue weighted by atomic mass is 16.5. The van der Waals surface area contributed by atoms with E-state index in [9.17, 15) is 0 Å². The maximum Gasteiger partial charge on any atom is 0.0701 e. The number of unbranched alkanes of at least 4 members (excludes halogenated alkanes) is 1. The lowest BCUT2D eigenvalue weighted by Crippen LogP contribution is -2.09. The fraction of sp³-hybridized carbons (Fsp3) is 1.00. The predicted octanol–water partition coefficient (Wildman–Crippen LogP) is -4.30. The van der Waals surface area contributed by atoms with Gasteiger partial charge in [-0.15, -0.1) is 0 Å². The Morgan fingerprint density at radius 2 is 0.514 bits per heavy atom. The van der Waals surface area contributed by atoms with E-state index in [0.717, 1.165) is 19.4 Å². The first-order chi connectivity index (χ1) is 18.0. The molecule has 0 radical (unpaired) electrons. The van der Waals surface area contributed by atoms with Gasteiger partial charge in [-0.1, -0.05) is 13.3 Å². The van der Waals surface area contributed by atoms with Crippen molar-refractivity contribution in [2.45, 2.75) is 19.8 Å². The van der Waals surface area contributed by atoms with Crippen LogP contribution in [0.15, 0.2) is 0 Å². The molecule has 0 unspecified atom stereocenters. The van der Waals surface area contributed by atoms with E-state index in [1.54, 1.807) is 0 Å². The summed E-state index contributed by atoms with van der Waals surface area (Å²) in [4.78, 5) is 0. The van der Waals surface area contributed by atoms with Crippen molar-refractivity contribution in [3.05, 3.63) is 0 Å². The smallest absolute Gasteiger partial charge is 0.0701 e. The number of rotatable bonds is 19. The topological polar surface area (TPSA) is 259 Å². The minimum absolute atomic E-state index is 0.0417. The molecule has 0 aromatic rings. The molecule has 15 heteroatoms. The van der Waals surface area contributed by atoms with Crippen LogP contribution in [0.2, 0.25) is 0 Å². The Kier molecular flexibility index (Phi) is 93.9. The molecule has 0 aromatic carbocycles. The quantitative estimate of drug-likeness (QED) is 0.0668. The van der Waals surface area contributed by atoms with Crippen molar-refractivity contribution in [3.8, 4) is 0 Å². The van der Waals surface area contributed by atoms with Crippen LogP contribution in [0, 0.1) is 0 Å². The van der Waals surface area contributed by atoms with Crippen molar-refractivity contribution in [2.24, 2.45) is 0 Å². The van der Waals surface area contributed by atoms with E-state index < -0.39 is 0 Å². The summed E-state index contributed by atoms with van der Waals surface area (Å²) in [5.41, 5.74) is 0. The van der Waals surface area contributed by atoms with Gasteiger partial charge >= 0.3 is 0 Å². The summed E-state index contributed by atoms with van der Waals surface area (Å²) in [7, 11) is 0. The van der Waals surface area contributed by atoms with E-state index in [-0.39, 0.29) is 72.7 Å². The first kappa shape index (κ1) is 49.4. The van der Waals surface area contributed by atoms with Gasteiger partial charge in [-0.25, -0.2) is 0 Å². The highest BCUT2D eigenvalue weighted by Gasteiger charge is 1.88. The molecule has 37 heavy (non-hydrogen) atoms. The molecular formula is C22H56O15. The second-order valence-electron chi connectivity index (χ2n) is 5.76. The molecule has 0 amide bonds. The van der Waals surface area contributed by atoms with E-state index in [2.05, 4.69) is 6.92 Å². The van der Waals surface area contributed by atoms with Crippen molar-refractivity contribution >= 4 is 0 Å².